The number of imidazole rings is 1. The van der Waals surface area contributed by atoms with Gasteiger partial charge in [0.15, 0.2) is 4.77 Å². The first-order valence-corrected chi connectivity index (χ1v) is 6.86. The number of nitrogens with one attached hydrogen (secondary N) is 1. The number of fused-ring (bicyclic) bond motifs is 1. The zero-order valence-corrected chi connectivity index (χ0v) is 12.1. The largest absolute Gasteiger partial charge is 0.331 e. The highest BCUT2D eigenvalue weighted by molar-refractivity contribution is 7.71. The summed E-state index contributed by atoms with van der Waals surface area (Å²) in [6, 6.07) is 14.2. The van der Waals surface area contributed by atoms with Crippen molar-refractivity contribution in [2.24, 2.45) is 0 Å². The normalized spacial score (nSPS) is 11.1. The lowest BCUT2D eigenvalue weighted by molar-refractivity contribution is 0.810. The molecule has 2 aromatic carbocycles. The average molecular weight is 289 g/mol. The third kappa shape index (κ3) is 2.31. The maximum Gasteiger partial charge on any atom is 0.178 e. The molecule has 0 spiro atoms. The Balaban J connectivity index is 2.15. The molecule has 4 heteroatoms. The quantitative estimate of drug-likeness (QED) is 0.677. The first-order chi connectivity index (χ1) is 9.15. The van der Waals surface area contributed by atoms with E-state index in [2.05, 4.69) is 36.2 Å². The third-order valence-corrected chi connectivity index (χ3v) is 3.79. The molecule has 0 fully saturated rings. The molecule has 19 heavy (non-hydrogen) atoms. The first kappa shape index (κ1) is 12.5. The third-order valence-electron chi connectivity index (χ3n) is 3.17. The SMILES string of the molecule is Cc1cccc(Cn2c(=S)[nH]c3cccc(Cl)c32)c1. The molecule has 1 N–H and O–H groups in total. The second kappa shape index (κ2) is 4.83. The predicted molar refractivity (Wildman–Crippen MR) is 82.4 cm³/mol. The standard InChI is InChI=1S/C15H13ClN2S/c1-10-4-2-5-11(8-10)9-18-14-12(16)6-3-7-13(14)17-15(18)19/h2-8H,9H2,1H3,(H,17,19). The highest BCUT2D eigenvalue weighted by Crippen LogP contribution is 2.24. The van der Waals surface area contributed by atoms with Crippen LogP contribution in [0.3, 0.4) is 0 Å². The minimum Gasteiger partial charge on any atom is -0.331 e. The van der Waals surface area contributed by atoms with E-state index in [0.29, 0.717) is 4.77 Å². The number of aromatic amines is 1. The lowest BCUT2D eigenvalue weighted by Crippen LogP contribution is -2.00. The summed E-state index contributed by atoms with van der Waals surface area (Å²) < 4.78 is 2.74. The second-order valence-electron chi connectivity index (χ2n) is 4.64. The van der Waals surface area contributed by atoms with Crippen molar-refractivity contribution in [1.82, 2.24) is 9.55 Å². The Hall–Kier alpha value is -1.58. The van der Waals surface area contributed by atoms with Gasteiger partial charge in [-0.15, -0.1) is 0 Å². The molecule has 1 aromatic heterocycles. The van der Waals surface area contributed by atoms with Crippen LogP contribution in [-0.4, -0.2) is 9.55 Å². The van der Waals surface area contributed by atoms with Crippen molar-refractivity contribution in [3.8, 4) is 0 Å². The number of H-pyrrole nitrogens is 1. The van der Waals surface area contributed by atoms with Crippen molar-refractivity contribution in [3.05, 3.63) is 63.4 Å². The van der Waals surface area contributed by atoms with Crippen LogP contribution >= 0.6 is 23.8 Å². The van der Waals surface area contributed by atoms with E-state index < -0.39 is 0 Å². The second-order valence-corrected chi connectivity index (χ2v) is 5.44. The van der Waals surface area contributed by atoms with Crippen molar-refractivity contribution in [3.63, 3.8) is 0 Å². The Kier molecular flexibility index (Phi) is 3.17. The molecule has 0 atom stereocenters. The molecule has 0 saturated heterocycles. The molecule has 96 valence electrons. The molecule has 0 unspecified atom stereocenters. The van der Waals surface area contributed by atoms with Crippen LogP contribution in [0, 0.1) is 11.7 Å². The minimum atomic E-state index is 0.699. The van der Waals surface area contributed by atoms with Crippen LogP contribution in [0.25, 0.3) is 11.0 Å². The van der Waals surface area contributed by atoms with E-state index in [9.17, 15) is 0 Å². The van der Waals surface area contributed by atoms with Gasteiger partial charge in [-0.2, -0.15) is 0 Å². The van der Waals surface area contributed by atoms with Crippen LogP contribution in [-0.2, 0) is 6.54 Å². The zero-order valence-electron chi connectivity index (χ0n) is 10.5. The van der Waals surface area contributed by atoms with Crippen molar-refractivity contribution < 1.29 is 0 Å². The molecule has 1 heterocycles. The van der Waals surface area contributed by atoms with Crippen LogP contribution in [0.4, 0.5) is 0 Å². The Morgan fingerprint density at radius 3 is 2.79 bits per heavy atom. The molecular weight excluding hydrogens is 276 g/mol. The molecule has 0 aliphatic carbocycles. The summed E-state index contributed by atoms with van der Waals surface area (Å²) in [4.78, 5) is 3.20. The van der Waals surface area contributed by atoms with E-state index in [1.165, 1.54) is 11.1 Å². The Morgan fingerprint density at radius 1 is 1.21 bits per heavy atom. The highest BCUT2D eigenvalue weighted by atomic mass is 35.5. The van der Waals surface area contributed by atoms with Gasteiger partial charge in [-0.25, -0.2) is 0 Å². The van der Waals surface area contributed by atoms with E-state index in [1.54, 1.807) is 0 Å². The smallest absolute Gasteiger partial charge is 0.178 e. The van der Waals surface area contributed by atoms with E-state index in [1.807, 2.05) is 22.8 Å². The fourth-order valence-corrected chi connectivity index (χ4v) is 2.86. The summed E-state index contributed by atoms with van der Waals surface area (Å²) in [5.74, 6) is 0. The average Bonchev–Trinajstić information content (AvgIpc) is 2.67. The Labute approximate surface area is 121 Å². The minimum absolute atomic E-state index is 0.699. The van der Waals surface area contributed by atoms with Gasteiger partial charge in [0, 0.05) is 0 Å². The number of para-hydroxylation sites is 1. The number of rotatable bonds is 2. The van der Waals surface area contributed by atoms with Crippen LogP contribution in [0.2, 0.25) is 5.02 Å². The lowest BCUT2D eigenvalue weighted by Gasteiger charge is -2.06. The predicted octanol–water partition coefficient (Wildman–Crippen LogP) is 4.71. The molecule has 0 aliphatic rings. The van der Waals surface area contributed by atoms with Gasteiger partial charge < -0.3 is 9.55 Å². The number of aryl methyl sites for hydroxylation is 1. The van der Waals surface area contributed by atoms with Gasteiger partial charge in [0.05, 0.1) is 22.6 Å². The first-order valence-electron chi connectivity index (χ1n) is 6.08. The molecular formula is C15H13ClN2S. The molecule has 0 radical (unpaired) electrons. The number of halogens is 1. The van der Waals surface area contributed by atoms with Crippen molar-refractivity contribution in [1.29, 1.82) is 0 Å². The van der Waals surface area contributed by atoms with Gasteiger partial charge in [-0.3, -0.25) is 0 Å². The number of aromatic nitrogens is 2. The fourth-order valence-electron chi connectivity index (χ4n) is 2.32. The molecule has 3 aromatic rings. The summed E-state index contributed by atoms with van der Waals surface area (Å²) in [6.07, 6.45) is 0. The number of hydrogen-bond acceptors (Lipinski definition) is 1. The van der Waals surface area contributed by atoms with Crippen molar-refractivity contribution in [2.45, 2.75) is 13.5 Å². The van der Waals surface area contributed by atoms with E-state index in [0.717, 1.165) is 22.6 Å². The van der Waals surface area contributed by atoms with Crippen molar-refractivity contribution >= 4 is 34.9 Å². The summed E-state index contributed by atoms with van der Waals surface area (Å²) in [5, 5.41) is 0.720. The number of nitrogens with zero attached hydrogens (tertiary/aromatic N) is 1. The lowest BCUT2D eigenvalue weighted by atomic mass is 10.1. The number of hydrogen-bond donors (Lipinski definition) is 1. The van der Waals surface area contributed by atoms with E-state index >= 15 is 0 Å². The van der Waals surface area contributed by atoms with Gasteiger partial charge >= 0.3 is 0 Å². The van der Waals surface area contributed by atoms with E-state index in [4.69, 9.17) is 23.8 Å². The fraction of sp³-hybridized carbons (Fsp3) is 0.133. The Morgan fingerprint density at radius 2 is 2.00 bits per heavy atom. The van der Waals surface area contributed by atoms with E-state index in [-0.39, 0.29) is 0 Å². The van der Waals surface area contributed by atoms with Crippen LogP contribution in [0.1, 0.15) is 11.1 Å². The van der Waals surface area contributed by atoms with Gasteiger partial charge in [-0.05, 0) is 36.8 Å². The van der Waals surface area contributed by atoms with Gasteiger partial charge in [0.25, 0.3) is 0 Å². The van der Waals surface area contributed by atoms with Gasteiger partial charge in [0.1, 0.15) is 0 Å². The molecule has 0 amide bonds. The molecule has 0 bridgehead atoms. The van der Waals surface area contributed by atoms with Gasteiger partial charge in [0.2, 0.25) is 0 Å². The number of benzene rings is 2. The highest BCUT2D eigenvalue weighted by Gasteiger charge is 2.08. The summed E-state index contributed by atoms with van der Waals surface area (Å²) in [7, 11) is 0. The summed E-state index contributed by atoms with van der Waals surface area (Å²) in [5.41, 5.74) is 4.41. The maximum absolute atomic E-state index is 6.29. The van der Waals surface area contributed by atoms with Crippen LogP contribution in [0.5, 0.6) is 0 Å². The topological polar surface area (TPSA) is 20.7 Å². The molecule has 2 nitrogen and oxygen atoms in total. The maximum atomic E-state index is 6.29. The Bertz CT molecular complexity index is 801. The van der Waals surface area contributed by atoms with Gasteiger partial charge in [-0.1, -0.05) is 47.5 Å². The van der Waals surface area contributed by atoms with Crippen LogP contribution < -0.4 is 0 Å². The monoisotopic (exact) mass is 288 g/mol. The molecule has 0 aliphatic heterocycles. The molecule has 3 rings (SSSR count). The summed E-state index contributed by atoms with van der Waals surface area (Å²) >= 11 is 11.7. The van der Waals surface area contributed by atoms with Crippen LogP contribution in [0.15, 0.2) is 42.5 Å². The summed E-state index contributed by atoms with van der Waals surface area (Å²) in [6.45, 7) is 2.81. The molecule has 0 saturated carbocycles. The van der Waals surface area contributed by atoms with Crippen molar-refractivity contribution in [2.75, 3.05) is 0 Å². The zero-order chi connectivity index (χ0) is 13.4.